The molecular formula is C5H9N. The van der Waals surface area contributed by atoms with Crippen molar-refractivity contribution >= 4 is 5.87 Å². The van der Waals surface area contributed by atoms with Crippen molar-refractivity contribution in [2.75, 3.05) is 7.05 Å². The predicted octanol–water partition coefficient (Wildman–Crippen LogP) is 1.25. The quantitative estimate of drug-likeness (QED) is 0.391. The first kappa shape index (κ1) is 5.45. The lowest BCUT2D eigenvalue weighted by Crippen LogP contribution is -1.59. The summed E-state index contributed by atoms with van der Waals surface area (Å²) in [6.07, 6.45) is 0. The van der Waals surface area contributed by atoms with Gasteiger partial charge in [-0.25, -0.2) is 4.99 Å². The molecule has 0 saturated heterocycles. The standard InChI is InChI=1S/C5H9N/c1-5(2)4-6-3/h1-3H3. The van der Waals surface area contributed by atoms with Crippen molar-refractivity contribution in [2.24, 2.45) is 4.99 Å². The smallest absolute Gasteiger partial charge is 0.0372 e. The number of aliphatic imine (C=N–C) groups is 1. The third-order valence-electron chi connectivity index (χ3n) is 0.335. The fourth-order valence-corrected chi connectivity index (χ4v) is 0.224. The van der Waals surface area contributed by atoms with Gasteiger partial charge in [-0.2, -0.15) is 0 Å². The first-order valence-corrected chi connectivity index (χ1v) is 1.92. The topological polar surface area (TPSA) is 12.4 Å². The Bertz CT molecular complexity index is 82.1. The number of allylic oxidation sites excluding steroid dienone is 1. The molecule has 0 bridgehead atoms. The Hall–Kier alpha value is -0.550. The van der Waals surface area contributed by atoms with Gasteiger partial charge in [0.2, 0.25) is 0 Å². The van der Waals surface area contributed by atoms with Crippen molar-refractivity contribution in [3.8, 4) is 0 Å². The van der Waals surface area contributed by atoms with E-state index < -0.39 is 0 Å². The predicted molar refractivity (Wildman–Crippen MR) is 28.2 cm³/mol. The summed E-state index contributed by atoms with van der Waals surface area (Å²) in [7, 11) is 1.72. The first-order chi connectivity index (χ1) is 2.77. The Labute approximate surface area is 38.4 Å². The van der Waals surface area contributed by atoms with Crippen LogP contribution in [-0.4, -0.2) is 12.9 Å². The van der Waals surface area contributed by atoms with Gasteiger partial charge in [-0.05, 0) is 25.3 Å². The minimum absolute atomic E-state index is 1.12. The van der Waals surface area contributed by atoms with E-state index in [1.807, 2.05) is 13.8 Å². The van der Waals surface area contributed by atoms with Crippen LogP contribution in [0.5, 0.6) is 0 Å². The van der Waals surface area contributed by atoms with Crippen LogP contribution in [0.4, 0.5) is 0 Å². The van der Waals surface area contributed by atoms with E-state index in [0.29, 0.717) is 0 Å². The highest BCUT2D eigenvalue weighted by Gasteiger charge is 1.61. The van der Waals surface area contributed by atoms with Gasteiger partial charge in [0.25, 0.3) is 0 Å². The molecule has 0 aromatic heterocycles. The zero-order valence-electron chi connectivity index (χ0n) is 4.45. The van der Waals surface area contributed by atoms with Crippen LogP contribution in [0.25, 0.3) is 0 Å². The van der Waals surface area contributed by atoms with Crippen molar-refractivity contribution in [2.45, 2.75) is 13.8 Å². The molecule has 0 spiro atoms. The molecule has 1 heteroatoms. The van der Waals surface area contributed by atoms with Crippen LogP contribution >= 0.6 is 0 Å². The van der Waals surface area contributed by atoms with Gasteiger partial charge in [0.1, 0.15) is 0 Å². The van der Waals surface area contributed by atoms with Gasteiger partial charge >= 0.3 is 0 Å². The molecule has 0 atom stereocenters. The molecule has 0 aromatic carbocycles. The Morgan fingerprint density at radius 2 is 2.00 bits per heavy atom. The van der Waals surface area contributed by atoms with Gasteiger partial charge < -0.3 is 0 Å². The van der Waals surface area contributed by atoms with E-state index in [0.717, 1.165) is 5.57 Å². The fourth-order valence-electron chi connectivity index (χ4n) is 0.224. The van der Waals surface area contributed by atoms with Gasteiger partial charge in [-0.15, -0.1) is 0 Å². The molecule has 0 fully saturated rings. The van der Waals surface area contributed by atoms with Crippen LogP contribution in [-0.2, 0) is 0 Å². The maximum absolute atomic E-state index is 3.65. The molecule has 0 rings (SSSR count). The van der Waals surface area contributed by atoms with E-state index in [4.69, 9.17) is 0 Å². The van der Waals surface area contributed by atoms with Crippen molar-refractivity contribution in [1.29, 1.82) is 0 Å². The Kier molecular flexibility index (Phi) is 2.43. The summed E-state index contributed by atoms with van der Waals surface area (Å²) < 4.78 is 0. The molecule has 0 saturated carbocycles. The molecular weight excluding hydrogens is 74.1 g/mol. The Balaban J connectivity index is 3.73. The lowest BCUT2D eigenvalue weighted by atomic mass is 10.4. The van der Waals surface area contributed by atoms with Crippen LogP contribution in [0.2, 0.25) is 0 Å². The highest BCUT2D eigenvalue weighted by molar-refractivity contribution is 5.55. The second-order valence-corrected chi connectivity index (χ2v) is 1.34. The van der Waals surface area contributed by atoms with E-state index in [1.54, 1.807) is 7.05 Å². The lowest BCUT2D eigenvalue weighted by Gasteiger charge is -1.69. The SMILES string of the molecule is CN=C=C(C)C. The van der Waals surface area contributed by atoms with Gasteiger partial charge in [-0.3, -0.25) is 0 Å². The summed E-state index contributed by atoms with van der Waals surface area (Å²) in [6.45, 7) is 3.93. The third-order valence-corrected chi connectivity index (χ3v) is 0.335. The number of rotatable bonds is 0. The van der Waals surface area contributed by atoms with Crippen LogP contribution in [0, 0.1) is 0 Å². The second kappa shape index (κ2) is 2.67. The van der Waals surface area contributed by atoms with Crippen LogP contribution in [0.15, 0.2) is 10.6 Å². The summed E-state index contributed by atoms with van der Waals surface area (Å²) in [5.41, 5.74) is 1.12. The van der Waals surface area contributed by atoms with Crippen molar-refractivity contribution in [1.82, 2.24) is 0 Å². The molecule has 0 aromatic rings. The Morgan fingerprint density at radius 1 is 1.50 bits per heavy atom. The molecule has 0 aliphatic heterocycles. The third kappa shape index (κ3) is 3.45. The van der Waals surface area contributed by atoms with Gasteiger partial charge in [0.15, 0.2) is 0 Å². The lowest BCUT2D eigenvalue weighted by molar-refractivity contribution is 1.41. The normalized spacial score (nSPS) is 6.50. The Morgan fingerprint density at radius 3 is 2.00 bits per heavy atom. The molecule has 0 heterocycles. The van der Waals surface area contributed by atoms with Gasteiger partial charge in [0, 0.05) is 7.05 Å². The summed E-state index contributed by atoms with van der Waals surface area (Å²) in [5, 5.41) is 0. The van der Waals surface area contributed by atoms with Crippen LogP contribution < -0.4 is 0 Å². The minimum atomic E-state index is 1.12. The molecule has 0 radical (unpaired) electrons. The van der Waals surface area contributed by atoms with E-state index in [1.165, 1.54) is 0 Å². The number of hydrogen-bond donors (Lipinski definition) is 0. The van der Waals surface area contributed by atoms with Gasteiger partial charge in [-0.1, -0.05) is 0 Å². The van der Waals surface area contributed by atoms with Crippen LogP contribution in [0.3, 0.4) is 0 Å². The summed E-state index contributed by atoms with van der Waals surface area (Å²) in [5.74, 6) is 2.75. The van der Waals surface area contributed by atoms with Crippen molar-refractivity contribution in [3.05, 3.63) is 5.57 Å². The zero-order chi connectivity index (χ0) is 4.99. The van der Waals surface area contributed by atoms with Gasteiger partial charge in [0.05, 0.1) is 0 Å². The summed E-state index contributed by atoms with van der Waals surface area (Å²) >= 11 is 0. The molecule has 0 N–H and O–H groups in total. The number of nitrogens with zero attached hydrogens (tertiary/aromatic N) is 1. The highest BCUT2D eigenvalue weighted by Crippen LogP contribution is 1.74. The molecule has 0 unspecified atom stereocenters. The largest absolute Gasteiger partial charge is 0.247 e. The maximum Gasteiger partial charge on any atom is 0.0372 e. The van der Waals surface area contributed by atoms with E-state index >= 15 is 0 Å². The second-order valence-electron chi connectivity index (χ2n) is 1.34. The molecule has 34 valence electrons. The maximum atomic E-state index is 3.65. The summed E-state index contributed by atoms with van der Waals surface area (Å²) in [6, 6.07) is 0. The zero-order valence-corrected chi connectivity index (χ0v) is 4.45. The monoisotopic (exact) mass is 83.1 g/mol. The van der Waals surface area contributed by atoms with Crippen molar-refractivity contribution in [3.63, 3.8) is 0 Å². The highest BCUT2D eigenvalue weighted by atomic mass is 14.6. The first-order valence-electron chi connectivity index (χ1n) is 1.92. The minimum Gasteiger partial charge on any atom is -0.247 e. The molecule has 6 heavy (non-hydrogen) atoms. The van der Waals surface area contributed by atoms with Crippen molar-refractivity contribution < 1.29 is 0 Å². The molecule has 0 aliphatic rings. The molecule has 1 nitrogen and oxygen atoms in total. The summed E-state index contributed by atoms with van der Waals surface area (Å²) in [4.78, 5) is 3.65. The average Bonchev–Trinajstić information content (AvgIpc) is 1.35. The van der Waals surface area contributed by atoms with E-state index in [-0.39, 0.29) is 0 Å². The van der Waals surface area contributed by atoms with E-state index in [2.05, 4.69) is 10.9 Å². The molecule has 0 amide bonds. The average molecular weight is 83.1 g/mol. The molecule has 0 aliphatic carbocycles. The number of hydrogen-bond acceptors (Lipinski definition) is 1. The van der Waals surface area contributed by atoms with E-state index in [9.17, 15) is 0 Å². The fraction of sp³-hybridized carbons (Fsp3) is 0.600. The van der Waals surface area contributed by atoms with Crippen LogP contribution in [0.1, 0.15) is 13.8 Å².